The van der Waals surface area contributed by atoms with Crippen LogP contribution < -0.4 is 5.32 Å². The summed E-state index contributed by atoms with van der Waals surface area (Å²) >= 11 is 0. The highest BCUT2D eigenvalue weighted by atomic mass is 16.8. The molecule has 3 fully saturated rings. The first kappa shape index (κ1) is 86.9. The smallest absolute Gasteiger partial charge is 0.220 e. The molecular formula is C78H127NO18. The molecule has 12 N–H and O–H groups in total. The summed E-state index contributed by atoms with van der Waals surface area (Å²) in [6.45, 7) is 1.54. The molecule has 0 saturated carbocycles. The molecule has 0 bridgehead atoms. The molecule has 1 amide bonds. The number of aliphatic hydroxyl groups excluding tert-OH is 11. The third-order valence-electron chi connectivity index (χ3n) is 17.1. The van der Waals surface area contributed by atoms with Crippen molar-refractivity contribution in [1.82, 2.24) is 5.32 Å². The predicted octanol–water partition coefficient (Wildman–Crippen LogP) is 10.7. The van der Waals surface area contributed by atoms with Crippen molar-refractivity contribution in [2.24, 2.45) is 0 Å². The molecule has 3 saturated heterocycles. The molecule has 552 valence electrons. The number of rotatable bonds is 54. The number of hydrogen-bond acceptors (Lipinski definition) is 18. The molecular weight excluding hydrogens is 1240 g/mol. The summed E-state index contributed by atoms with van der Waals surface area (Å²) < 4.78 is 34.3. The molecule has 3 rings (SSSR count). The van der Waals surface area contributed by atoms with Crippen molar-refractivity contribution in [2.75, 3.05) is 26.4 Å². The fraction of sp³-hybridized carbons (Fsp3) is 0.679. The van der Waals surface area contributed by atoms with Crippen molar-refractivity contribution in [3.63, 3.8) is 0 Å². The molecule has 19 heteroatoms. The fourth-order valence-corrected chi connectivity index (χ4v) is 11.2. The lowest BCUT2D eigenvalue weighted by atomic mass is 9.96. The lowest BCUT2D eigenvalue weighted by Crippen LogP contribution is -2.66. The van der Waals surface area contributed by atoms with Gasteiger partial charge in [0.15, 0.2) is 18.9 Å². The second kappa shape index (κ2) is 57.3. The maximum Gasteiger partial charge on any atom is 0.220 e. The van der Waals surface area contributed by atoms with Crippen molar-refractivity contribution in [2.45, 2.75) is 311 Å². The summed E-state index contributed by atoms with van der Waals surface area (Å²) in [5.41, 5.74) is 0. The third-order valence-corrected chi connectivity index (χ3v) is 17.1. The van der Waals surface area contributed by atoms with E-state index in [0.29, 0.717) is 19.3 Å². The molecule has 3 aliphatic rings. The summed E-state index contributed by atoms with van der Waals surface area (Å²) in [7, 11) is 0. The normalized spacial score (nSPS) is 27.8. The number of nitrogens with one attached hydrogen (secondary N) is 1. The van der Waals surface area contributed by atoms with E-state index in [0.717, 1.165) is 83.5 Å². The number of aliphatic hydroxyl groups is 11. The molecule has 17 atom stereocenters. The molecule has 0 aromatic carbocycles. The van der Waals surface area contributed by atoms with Gasteiger partial charge in [-0.2, -0.15) is 0 Å². The standard InChI is InChI=1S/C78H127NO18/c1-3-5-7-9-11-13-15-17-19-21-23-25-27-28-29-30-31-32-34-36-38-40-42-44-46-48-50-52-54-56-66(84)79-61(62(83)55-53-51-49-47-45-43-41-39-37-35-33-26-24-22-20-18-16-14-12-10-8-6-4-2)60-92-76-72(90)69(87)74(64(58-81)94-76)97-78-73(91)70(88)75(65(59-82)95-78)96-77-71(89)68(86)67(85)63(57-80)93-77/h5,7,11,13,17,19,23,25,28-29,31-32,36-39,42,44-45,47-48,50,53,55,61-65,67-78,80-83,85-91H,3-4,6,8-10,12,14-16,18,20-22,24,26-27,30,33-35,40-41,43,46,49,51-52,54,56-60H2,1-2H3,(H,79,84)/b7-5-,13-11-,19-17-,25-23-,29-28-,32-31-,38-36-,39-37+,44-42-,47-45+,50-48-,55-53+. The Balaban J connectivity index is 1.47. The minimum atomic E-state index is -2.00. The van der Waals surface area contributed by atoms with E-state index in [4.69, 9.17) is 28.4 Å². The average molecular weight is 1370 g/mol. The van der Waals surface area contributed by atoms with Crippen LogP contribution in [0.25, 0.3) is 0 Å². The number of allylic oxidation sites excluding steroid dienone is 23. The van der Waals surface area contributed by atoms with E-state index in [1.807, 2.05) is 12.2 Å². The molecule has 97 heavy (non-hydrogen) atoms. The van der Waals surface area contributed by atoms with Gasteiger partial charge < -0.3 is 89.9 Å². The number of amides is 1. The van der Waals surface area contributed by atoms with Gasteiger partial charge in [0, 0.05) is 6.42 Å². The number of carbonyl (C=O) groups is 1. The van der Waals surface area contributed by atoms with Gasteiger partial charge in [0.25, 0.3) is 0 Å². The Kier molecular flexibility index (Phi) is 51.3. The van der Waals surface area contributed by atoms with Gasteiger partial charge in [-0.25, -0.2) is 0 Å². The molecule has 0 aromatic heterocycles. The van der Waals surface area contributed by atoms with Gasteiger partial charge in [0.1, 0.15) is 73.2 Å². The highest BCUT2D eigenvalue weighted by Gasteiger charge is 2.53. The van der Waals surface area contributed by atoms with Crippen molar-refractivity contribution in [3.8, 4) is 0 Å². The van der Waals surface area contributed by atoms with E-state index in [-0.39, 0.29) is 12.3 Å². The monoisotopic (exact) mass is 1370 g/mol. The third kappa shape index (κ3) is 38.3. The molecule has 0 spiro atoms. The van der Waals surface area contributed by atoms with Gasteiger partial charge >= 0.3 is 0 Å². The predicted molar refractivity (Wildman–Crippen MR) is 382 cm³/mol. The van der Waals surface area contributed by atoms with Crippen LogP contribution in [0.15, 0.2) is 146 Å². The van der Waals surface area contributed by atoms with E-state index in [1.165, 1.54) is 83.5 Å². The number of carbonyl (C=O) groups excluding carboxylic acids is 1. The van der Waals surface area contributed by atoms with E-state index < -0.39 is 131 Å². The van der Waals surface area contributed by atoms with Gasteiger partial charge in [-0.05, 0) is 109 Å². The average Bonchev–Trinajstić information content (AvgIpc) is 0.789. The Bertz CT molecular complexity index is 2320. The molecule has 0 aromatic rings. The van der Waals surface area contributed by atoms with Crippen LogP contribution in [-0.2, 0) is 33.2 Å². The van der Waals surface area contributed by atoms with Gasteiger partial charge in [0.2, 0.25) is 5.91 Å². The maximum atomic E-state index is 13.4. The second-order valence-electron chi connectivity index (χ2n) is 25.3. The zero-order valence-electron chi connectivity index (χ0n) is 58.5. The lowest BCUT2D eigenvalue weighted by Gasteiger charge is -2.48. The molecule has 19 nitrogen and oxygen atoms in total. The van der Waals surface area contributed by atoms with E-state index in [1.54, 1.807) is 6.08 Å². The summed E-state index contributed by atoms with van der Waals surface area (Å²) in [6.07, 6.45) is 55.4. The van der Waals surface area contributed by atoms with Crippen LogP contribution in [0, 0.1) is 0 Å². The summed E-state index contributed by atoms with van der Waals surface area (Å²) in [6, 6.07) is -1.04. The van der Waals surface area contributed by atoms with Gasteiger partial charge in [-0.15, -0.1) is 0 Å². The number of hydrogen-bond donors (Lipinski definition) is 12. The largest absolute Gasteiger partial charge is 0.394 e. The van der Waals surface area contributed by atoms with Gasteiger partial charge in [-0.3, -0.25) is 4.79 Å². The summed E-state index contributed by atoms with van der Waals surface area (Å²) in [5.74, 6) is -0.353. The fourth-order valence-electron chi connectivity index (χ4n) is 11.2. The quantitative estimate of drug-likeness (QED) is 0.0199. The number of unbranched alkanes of at least 4 members (excludes halogenated alkanes) is 16. The number of ether oxygens (including phenoxy) is 6. The molecule has 0 aliphatic carbocycles. The Hall–Kier alpha value is -4.33. The van der Waals surface area contributed by atoms with Crippen LogP contribution in [-0.4, -0.2) is 193 Å². The Labute approximate surface area is 581 Å². The minimum Gasteiger partial charge on any atom is -0.394 e. The van der Waals surface area contributed by atoms with Crippen molar-refractivity contribution < 1.29 is 89.4 Å². The van der Waals surface area contributed by atoms with Crippen LogP contribution in [0.5, 0.6) is 0 Å². The zero-order valence-corrected chi connectivity index (χ0v) is 58.5. The maximum absolute atomic E-state index is 13.4. The summed E-state index contributed by atoms with van der Waals surface area (Å²) in [5, 5.41) is 121. The molecule has 17 unspecified atom stereocenters. The van der Waals surface area contributed by atoms with E-state index >= 15 is 0 Å². The lowest BCUT2D eigenvalue weighted by molar-refractivity contribution is -0.379. The van der Waals surface area contributed by atoms with Crippen molar-refractivity contribution in [3.05, 3.63) is 146 Å². The van der Waals surface area contributed by atoms with Crippen molar-refractivity contribution in [1.29, 1.82) is 0 Å². The van der Waals surface area contributed by atoms with Crippen LogP contribution >= 0.6 is 0 Å². The summed E-state index contributed by atoms with van der Waals surface area (Å²) in [4.78, 5) is 13.4. The second-order valence-corrected chi connectivity index (χ2v) is 25.3. The topological polar surface area (TPSA) is 307 Å². The highest BCUT2D eigenvalue weighted by Crippen LogP contribution is 2.33. The van der Waals surface area contributed by atoms with Crippen LogP contribution in [0.3, 0.4) is 0 Å². The molecule has 3 aliphatic heterocycles. The zero-order chi connectivity index (χ0) is 70.4. The first-order valence-electron chi connectivity index (χ1n) is 36.6. The van der Waals surface area contributed by atoms with Crippen LogP contribution in [0.1, 0.15) is 206 Å². The molecule has 3 heterocycles. The van der Waals surface area contributed by atoms with E-state index in [9.17, 15) is 61.0 Å². The Morgan fingerprint density at radius 2 is 0.722 bits per heavy atom. The first-order chi connectivity index (χ1) is 47.3. The molecule has 0 radical (unpaired) electrons. The SMILES string of the molecule is CC/C=C\C/C=C\C/C=C\C/C=C\C/C=C\C/C=C\C/C=C\C/C=C\C/C=C\CCCC(=O)NC(COC1OC(CO)C(OC2OC(CO)C(OC3OC(CO)C(O)C(O)C3O)C(O)C2O)C(O)C1O)C(O)/C=C/CC/C=C/CC/C=C/CCCCCCCCCCCCCCC. The van der Waals surface area contributed by atoms with E-state index in [2.05, 4.69) is 147 Å². The van der Waals surface area contributed by atoms with Gasteiger partial charge in [0.05, 0.1) is 38.6 Å². The van der Waals surface area contributed by atoms with Crippen LogP contribution in [0.2, 0.25) is 0 Å². The Morgan fingerprint density at radius 3 is 1.15 bits per heavy atom. The van der Waals surface area contributed by atoms with Crippen molar-refractivity contribution >= 4 is 5.91 Å². The highest BCUT2D eigenvalue weighted by molar-refractivity contribution is 5.76. The Morgan fingerprint density at radius 1 is 0.381 bits per heavy atom. The minimum absolute atomic E-state index is 0.141. The first-order valence-corrected chi connectivity index (χ1v) is 36.6. The van der Waals surface area contributed by atoms with Gasteiger partial charge in [-0.1, -0.05) is 237 Å². The van der Waals surface area contributed by atoms with Crippen LogP contribution in [0.4, 0.5) is 0 Å².